The van der Waals surface area contributed by atoms with Crippen molar-refractivity contribution in [2.24, 2.45) is 46.7 Å². The molecule has 0 aromatic rings. The van der Waals surface area contributed by atoms with Crippen LogP contribution in [0.5, 0.6) is 0 Å². The Hall–Kier alpha value is -2.05. The highest BCUT2D eigenvalue weighted by atomic mass is 16.6. The van der Waals surface area contributed by atoms with Crippen molar-refractivity contribution in [1.82, 2.24) is 4.90 Å². The van der Waals surface area contributed by atoms with Crippen LogP contribution in [0.4, 0.5) is 0 Å². The Kier molecular flexibility index (Phi) is 11.9. The van der Waals surface area contributed by atoms with Gasteiger partial charge in [0.15, 0.2) is 0 Å². The maximum atomic E-state index is 13.7. The summed E-state index contributed by atoms with van der Waals surface area (Å²) in [5.74, 6) is 0.943. The van der Waals surface area contributed by atoms with Crippen LogP contribution in [-0.4, -0.2) is 97.3 Å². The van der Waals surface area contributed by atoms with Gasteiger partial charge in [-0.05, 0) is 95.8 Å². The number of esters is 2. The fourth-order valence-corrected chi connectivity index (χ4v) is 11.2. The van der Waals surface area contributed by atoms with Crippen molar-refractivity contribution >= 4 is 17.8 Å². The lowest BCUT2D eigenvalue weighted by atomic mass is 9.59. The minimum absolute atomic E-state index is 0.0586. The van der Waals surface area contributed by atoms with E-state index in [4.69, 9.17) is 19.9 Å². The topological polar surface area (TPSA) is 162 Å². The van der Waals surface area contributed by atoms with E-state index in [0.29, 0.717) is 37.2 Å². The number of piperidine rings is 1. The predicted molar refractivity (Wildman–Crippen MR) is 192 cm³/mol. The van der Waals surface area contributed by atoms with Gasteiger partial charge in [0.05, 0.1) is 32.2 Å². The molecule has 7 N–H and O–H groups in total. The van der Waals surface area contributed by atoms with Crippen LogP contribution in [0.3, 0.4) is 0 Å². The van der Waals surface area contributed by atoms with Crippen LogP contribution in [0.1, 0.15) is 111 Å². The van der Waals surface area contributed by atoms with Crippen molar-refractivity contribution < 1.29 is 44.3 Å². The summed E-state index contributed by atoms with van der Waals surface area (Å²) in [6.45, 7) is 11.2. The third-order valence-electron chi connectivity index (χ3n) is 14.5. The summed E-state index contributed by atoms with van der Waals surface area (Å²) < 4.78 is 20.0. The van der Waals surface area contributed by atoms with Crippen LogP contribution in [-0.2, 0) is 28.6 Å². The molecule has 2 saturated carbocycles. The molecule has 6 aliphatic rings. The molecule has 0 aromatic heterocycles. The monoisotopic (exact) mass is 717 g/mol. The zero-order valence-electron chi connectivity index (χ0n) is 32.1. The highest BCUT2D eigenvalue weighted by Gasteiger charge is 2.62. The Morgan fingerprint density at radius 2 is 1.84 bits per heavy atom. The molecule has 6 rings (SSSR count). The lowest BCUT2D eigenvalue weighted by Crippen LogP contribution is -2.96. The average Bonchev–Trinajstić information content (AvgIpc) is 3.44. The van der Waals surface area contributed by atoms with E-state index in [0.717, 1.165) is 77.5 Å². The summed E-state index contributed by atoms with van der Waals surface area (Å²) in [5.41, 5.74) is 5.25. The molecule has 9 atom stereocenters. The van der Waals surface area contributed by atoms with Crippen molar-refractivity contribution in [2.45, 2.75) is 141 Å². The zero-order valence-corrected chi connectivity index (χ0v) is 32.1. The van der Waals surface area contributed by atoms with Crippen LogP contribution in [0.15, 0.2) is 11.6 Å². The SMILES string of the molecule is CC=C(C)C(=O)OC(C)(C)C1(CC2CC(N)[NH2+]CC2CC(=O)N2CC(C[NH2+]C)C2)CC2CC3CC(C4(CCO)CCCCC4)C(=O)OC3CC2O1. The number of fused-ring (bicyclic) bond motifs is 2. The lowest BCUT2D eigenvalue weighted by molar-refractivity contribution is -0.706. The molecule has 4 saturated heterocycles. The van der Waals surface area contributed by atoms with Crippen LogP contribution < -0.4 is 16.4 Å². The smallest absolute Gasteiger partial charge is 0.334 e. The summed E-state index contributed by atoms with van der Waals surface area (Å²) in [6.07, 6.45) is 12.4. The van der Waals surface area contributed by atoms with E-state index in [1.165, 1.54) is 6.42 Å². The average molecular weight is 717 g/mol. The first-order valence-electron chi connectivity index (χ1n) is 20.3. The molecular weight excluding hydrogens is 648 g/mol. The molecule has 51 heavy (non-hydrogen) atoms. The maximum Gasteiger partial charge on any atom is 0.334 e. The molecule has 11 heteroatoms. The molecule has 0 radical (unpaired) electrons. The largest absolute Gasteiger partial charge is 0.462 e. The fraction of sp³-hybridized carbons (Fsp3) is 0.875. The van der Waals surface area contributed by atoms with E-state index < -0.39 is 11.2 Å². The van der Waals surface area contributed by atoms with Gasteiger partial charge >= 0.3 is 11.9 Å². The number of likely N-dealkylation sites (tertiary alicyclic amines) is 1. The van der Waals surface area contributed by atoms with Gasteiger partial charge in [0.1, 0.15) is 23.5 Å². The minimum Gasteiger partial charge on any atom is -0.462 e. The summed E-state index contributed by atoms with van der Waals surface area (Å²) in [4.78, 5) is 42.6. The molecule has 0 bridgehead atoms. The summed E-state index contributed by atoms with van der Waals surface area (Å²) in [5, 5.41) is 14.4. The normalized spacial score (nSPS) is 37.2. The number of nitrogens with zero attached hydrogens (tertiary/aromatic N) is 1. The number of rotatable bonds is 12. The second-order valence-electron chi connectivity index (χ2n) is 18.0. The van der Waals surface area contributed by atoms with E-state index >= 15 is 0 Å². The van der Waals surface area contributed by atoms with Crippen molar-refractivity contribution in [3.8, 4) is 0 Å². The molecule has 9 unspecified atom stereocenters. The Morgan fingerprint density at radius 3 is 2.53 bits per heavy atom. The summed E-state index contributed by atoms with van der Waals surface area (Å²) in [6, 6.07) is 0. The molecule has 1 amide bonds. The maximum absolute atomic E-state index is 13.7. The molecule has 288 valence electrons. The minimum atomic E-state index is -0.954. The lowest BCUT2D eigenvalue weighted by Gasteiger charge is -2.49. The predicted octanol–water partition coefficient (Wildman–Crippen LogP) is 2.01. The van der Waals surface area contributed by atoms with E-state index in [-0.39, 0.29) is 77.8 Å². The first kappa shape index (κ1) is 38.7. The number of ether oxygens (including phenoxy) is 3. The van der Waals surface area contributed by atoms with Gasteiger partial charge in [-0.1, -0.05) is 25.3 Å². The van der Waals surface area contributed by atoms with Gasteiger partial charge in [-0.3, -0.25) is 15.3 Å². The van der Waals surface area contributed by atoms with Gasteiger partial charge in [-0.2, -0.15) is 0 Å². The number of amides is 1. The highest BCUT2D eigenvalue weighted by molar-refractivity contribution is 5.88. The number of aliphatic hydroxyl groups is 1. The van der Waals surface area contributed by atoms with Crippen LogP contribution in [0, 0.1) is 40.9 Å². The number of quaternary nitrogens is 2. The van der Waals surface area contributed by atoms with Gasteiger partial charge in [0.25, 0.3) is 0 Å². The zero-order chi connectivity index (χ0) is 36.6. The quantitative estimate of drug-likeness (QED) is 0.176. The summed E-state index contributed by atoms with van der Waals surface area (Å²) in [7, 11) is 2.08. The standard InChI is InChI=1S/C40H66N4O7/c1-6-25(2)36(47)51-38(3,4)40(19-28-16-34(41)43-22-30(28)17-35(46)44-23-26(24-44)21-42-5)20-29-14-27-15-31(37(48)49-32(27)18-33(29)50-40)39(12-13-45)10-8-7-9-11-39/h6,26-34,42-43,45H,7-24,41H2,1-5H3/p+2. The first-order valence-corrected chi connectivity index (χ1v) is 20.3. The van der Waals surface area contributed by atoms with Crippen LogP contribution >= 0.6 is 0 Å². The molecule has 4 heterocycles. The summed E-state index contributed by atoms with van der Waals surface area (Å²) >= 11 is 0. The number of nitrogens with two attached hydrogens (primary N) is 3. The van der Waals surface area contributed by atoms with Crippen LogP contribution in [0.25, 0.3) is 0 Å². The van der Waals surface area contributed by atoms with Crippen molar-refractivity contribution in [3.05, 3.63) is 11.6 Å². The van der Waals surface area contributed by atoms with Gasteiger partial charge in [-0.25, -0.2) is 4.79 Å². The molecular formula is C40H68N4O7+2. The number of hydrogen-bond donors (Lipinski definition) is 4. The third kappa shape index (κ3) is 7.94. The van der Waals surface area contributed by atoms with Crippen molar-refractivity contribution in [2.75, 3.05) is 39.8 Å². The number of carbonyl (C=O) groups is 3. The molecule has 6 fully saturated rings. The Morgan fingerprint density at radius 1 is 1.10 bits per heavy atom. The Balaban J connectivity index is 1.23. The molecule has 11 nitrogen and oxygen atoms in total. The van der Waals surface area contributed by atoms with E-state index in [9.17, 15) is 19.5 Å². The molecule has 0 spiro atoms. The Labute approximate surface area is 305 Å². The number of hydrogen-bond acceptors (Lipinski definition) is 8. The number of allylic oxidation sites excluding steroid dienone is 1. The van der Waals surface area contributed by atoms with Crippen molar-refractivity contribution in [3.63, 3.8) is 0 Å². The van der Waals surface area contributed by atoms with E-state index in [2.05, 4.69) is 17.7 Å². The highest BCUT2D eigenvalue weighted by Crippen LogP contribution is 2.57. The molecule has 0 aromatic carbocycles. The second kappa shape index (κ2) is 15.7. The van der Waals surface area contributed by atoms with E-state index in [1.54, 1.807) is 13.0 Å². The van der Waals surface area contributed by atoms with Gasteiger partial charge in [0.2, 0.25) is 5.91 Å². The molecule has 4 aliphatic heterocycles. The molecule has 2 aliphatic carbocycles. The Bertz CT molecular complexity index is 1290. The van der Waals surface area contributed by atoms with Gasteiger partial charge < -0.3 is 34.9 Å². The number of aliphatic hydroxyl groups excluding tert-OH is 1. The number of carbonyl (C=O) groups excluding carboxylic acids is 3. The van der Waals surface area contributed by atoms with E-state index in [1.807, 2.05) is 25.7 Å². The second-order valence-corrected chi connectivity index (χ2v) is 18.0. The third-order valence-corrected chi connectivity index (χ3v) is 14.5. The van der Waals surface area contributed by atoms with Crippen LogP contribution in [0.2, 0.25) is 0 Å². The fourth-order valence-electron chi connectivity index (χ4n) is 11.2. The van der Waals surface area contributed by atoms with Gasteiger partial charge in [-0.15, -0.1) is 0 Å². The van der Waals surface area contributed by atoms with Crippen molar-refractivity contribution in [1.29, 1.82) is 0 Å². The van der Waals surface area contributed by atoms with Gasteiger partial charge in [0, 0.05) is 56.4 Å². The first-order chi connectivity index (χ1) is 24.3.